The molecule has 1 heterocycles. The van der Waals surface area contributed by atoms with Gasteiger partial charge in [0.25, 0.3) is 11.5 Å². The van der Waals surface area contributed by atoms with Crippen molar-refractivity contribution in [2.75, 3.05) is 32.2 Å². The van der Waals surface area contributed by atoms with Crippen LogP contribution in [0.4, 0.5) is 5.95 Å². The normalized spacial score (nSPS) is 10.6. The zero-order valence-electron chi connectivity index (χ0n) is 19.7. The number of hydrogen-bond acceptors (Lipinski definition) is 8. The van der Waals surface area contributed by atoms with Crippen molar-refractivity contribution in [1.82, 2.24) is 14.9 Å². The molecule has 0 aliphatic heterocycles. The average Bonchev–Trinajstić information content (AvgIpc) is 2.88. The first-order valence-electron chi connectivity index (χ1n) is 11.0. The van der Waals surface area contributed by atoms with Gasteiger partial charge in [0.2, 0.25) is 5.95 Å². The van der Waals surface area contributed by atoms with Gasteiger partial charge in [0.15, 0.2) is 18.1 Å². The number of aromatic amines is 1. The lowest BCUT2D eigenvalue weighted by molar-refractivity contribution is -0.132. The molecule has 0 saturated carbocycles. The Morgan fingerprint density at radius 2 is 1.94 bits per heavy atom. The first kappa shape index (κ1) is 25.0. The number of methoxy groups -OCH3 is 1. The number of hydrazone groups is 1. The summed E-state index contributed by atoms with van der Waals surface area (Å²) < 4.78 is 11.0. The van der Waals surface area contributed by atoms with E-state index in [0.29, 0.717) is 35.7 Å². The van der Waals surface area contributed by atoms with E-state index in [1.807, 2.05) is 26.0 Å². The van der Waals surface area contributed by atoms with Gasteiger partial charge in [-0.2, -0.15) is 10.4 Å². The molecule has 0 fully saturated rings. The second-order valence-corrected chi connectivity index (χ2v) is 7.25. The van der Waals surface area contributed by atoms with Gasteiger partial charge in [0, 0.05) is 18.7 Å². The summed E-state index contributed by atoms with van der Waals surface area (Å²) in [6.07, 6.45) is 1.51. The highest BCUT2D eigenvalue weighted by atomic mass is 16.5. The van der Waals surface area contributed by atoms with Gasteiger partial charge in [-0.25, -0.2) is 10.4 Å². The van der Waals surface area contributed by atoms with Crippen molar-refractivity contribution in [2.45, 2.75) is 13.8 Å². The van der Waals surface area contributed by atoms with Crippen LogP contribution in [-0.2, 0) is 4.79 Å². The fourth-order valence-corrected chi connectivity index (χ4v) is 3.29. The summed E-state index contributed by atoms with van der Waals surface area (Å²) in [4.78, 5) is 33.1. The summed E-state index contributed by atoms with van der Waals surface area (Å²) in [6.45, 7) is 4.97. The predicted molar refractivity (Wildman–Crippen MR) is 133 cm³/mol. The van der Waals surface area contributed by atoms with Crippen molar-refractivity contribution in [2.24, 2.45) is 5.10 Å². The van der Waals surface area contributed by atoms with E-state index in [1.165, 1.54) is 13.3 Å². The Kier molecular flexibility index (Phi) is 8.56. The first-order valence-corrected chi connectivity index (χ1v) is 11.0. The van der Waals surface area contributed by atoms with Gasteiger partial charge in [0.05, 0.1) is 19.0 Å². The molecule has 1 aromatic heterocycles. The lowest BCUT2D eigenvalue weighted by Crippen LogP contribution is -2.34. The van der Waals surface area contributed by atoms with E-state index in [1.54, 1.807) is 47.4 Å². The second-order valence-electron chi connectivity index (χ2n) is 7.25. The molecule has 0 radical (unpaired) electrons. The number of nitriles is 1. The molecule has 3 rings (SSSR count). The standard InChI is InChI=1S/C25H26N6O4/c1-4-31(5-2)22(32)16-35-20-12-11-17(13-21(20)34-3)15-27-30-25-28-23(18-9-7-6-8-10-18)19(14-26)24(33)29-25/h6-13,15H,4-5,16H2,1-3H3,(H2,28,29,30,33). The fourth-order valence-electron chi connectivity index (χ4n) is 3.29. The van der Waals surface area contributed by atoms with Gasteiger partial charge < -0.3 is 14.4 Å². The van der Waals surface area contributed by atoms with Crippen molar-refractivity contribution in [3.63, 3.8) is 0 Å². The second kappa shape index (κ2) is 12.0. The third kappa shape index (κ3) is 6.23. The Morgan fingerprint density at radius 3 is 2.60 bits per heavy atom. The number of likely N-dealkylation sites (N-methyl/N-ethyl adjacent to an activating group) is 1. The van der Waals surface area contributed by atoms with Gasteiger partial charge in [-0.15, -0.1) is 0 Å². The van der Waals surface area contributed by atoms with Crippen LogP contribution >= 0.6 is 0 Å². The molecule has 0 bridgehead atoms. The van der Waals surface area contributed by atoms with Crippen LogP contribution in [0.1, 0.15) is 25.0 Å². The number of anilines is 1. The quantitative estimate of drug-likeness (QED) is 0.341. The van der Waals surface area contributed by atoms with Gasteiger partial charge in [-0.05, 0) is 37.6 Å². The molecule has 0 spiro atoms. The van der Waals surface area contributed by atoms with Crippen molar-refractivity contribution in [3.8, 4) is 28.8 Å². The molecular formula is C25H26N6O4. The number of rotatable bonds is 10. The monoisotopic (exact) mass is 474 g/mol. The van der Waals surface area contributed by atoms with Crippen molar-refractivity contribution >= 4 is 18.1 Å². The third-order valence-corrected chi connectivity index (χ3v) is 5.12. The molecule has 1 amide bonds. The molecule has 3 aromatic rings. The maximum atomic E-state index is 12.3. The molecule has 2 aromatic carbocycles. The molecule has 180 valence electrons. The topological polar surface area (TPSA) is 133 Å². The lowest BCUT2D eigenvalue weighted by Gasteiger charge is -2.19. The zero-order valence-corrected chi connectivity index (χ0v) is 19.7. The van der Waals surface area contributed by atoms with E-state index in [9.17, 15) is 14.9 Å². The van der Waals surface area contributed by atoms with Crippen LogP contribution in [0.2, 0.25) is 0 Å². The van der Waals surface area contributed by atoms with Crippen molar-refractivity contribution in [1.29, 1.82) is 5.26 Å². The first-order chi connectivity index (χ1) is 17.0. The molecule has 0 atom stereocenters. The molecule has 0 saturated heterocycles. The van der Waals surface area contributed by atoms with Gasteiger partial charge in [-0.1, -0.05) is 30.3 Å². The Bertz CT molecular complexity index is 1290. The Labute approximate surface area is 202 Å². The van der Waals surface area contributed by atoms with Gasteiger partial charge in [0.1, 0.15) is 11.6 Å². The van der Waals surface area contributed by atoms with E-state index in [0.717, 1.165) is 0 Å². The van der Waals surface area contributed by atoms with Crippen molar-refractivity contribution in [3.05, 3.63) is 70.0 Å². The maximum Gasteiger partial charge on any atom is 0.270 e. The Morgan fingerprint density at radius 1 is 1.20 bits per heavy atom. The summed E-state index contributed by atoms with van der Waals surface area (Å²) in [5.74, 6) is 0.859. The highest BCUT2D eigenvalue weighted by molar-refractivity contribution is 5.82. The molecule has 2 N–H and O–H groups in total. The molecule has 35 heavy (non-hydrogen) atoms. The molecule has 10 heteroatoms. The van der Waals surface area contributed by atoms with Crippen LogP contribution in [0, 0.1) is 11.3 Å². The number of ether oxygens (including phenoxy) is 2. The number of nitrogens with one attached hydrogen (secondary N) is 2. The molecule has 0 unspecified atom stereocenters. The van der Waals surface area contributed by atoms with Crippen LogP contribution in [0.5, 0.6) is 11.5 Å². The van der Waals surface area contributed by atoms with E-state index in [-0.39, 0.29) is 29.7 Å². The summed E-state index contributed by atoms with van der Waals surface area (Å²) >= 11 is 0. The van der Waals surface area contributed by atoms with E-state index >= 15 is 0 Å². The summed E-state index contributed by atoms with van der Waals surface area (Å²) in [6, 6.07) is 16.0. The van der Waals surface area contributed by atoms with E-state index in [2.05, 4.69) is 20.5 Å². The molecule has 0 aliphatic carbocycles. The van der Waals surface area contributed by atoms with Crippen LogP contribution in [-0.4, -0.2) is 53.8 Å². The minimum Gasteiger partial charge on any atom is -0.493 e. The number of amides is 1. The van der Waals surface area contributed by atoms with Gasteiger partial charge in [-0.3, -0.25) is 14.6 Å². The van der Waals surface area contributed by atoms with Crippen LogP contribution in [0.3, 0.4) is 0 Å². The highest BCUT2D eigenvalue weighted by Crippen LogP contribution is 2.27. The van der Waals surface area contributed by atoms with Crippen LogP contribution in [0.25, 0.3) is 11.3 Å². The molecular weight excluding hydrogens is 448 g/mol. The Balaban J connectivity index is 1.74. The van der Waals surface area contributed by atoms with Crippen molar-refractivity contribution < 1.29 is 14.3 Å². The number of carbonyl (C=O) groups excluding carboxylic acids is 1. The minimum absolute atomic E-state index is 0.0782. The maximum absolute atomic E-state index is 12.3. The predicted octanol–water partition coefficient (Wildman–Crippen LogP) is 3.01. The van der Waals surface area contributed by atoms with E-state index in [4.69, 9.17) is 9.47 Å². The smallest absolute Gasteiger partial charge is 0.270 e. The lowest BCUT2D eigenvalue weighted by atomic mass is 10.1. The summed E-state index contributed by atoms with van der Waals surface area (Å²) in [7, 11) is 1.50. The summed E-state index contributed by atoms with van der Waals surface area (Å²) in [5.41, 5.74) is 3.62. The number of benzene rings is 2. The minimum atomic E-state index is -0.568. The average molecular weight is 475 g/mol. The summed E-state index contributed by atoms with van der Waals surface area (Å²) in [5, 5.41) is 13.5. The largest absolute Gasteiger partial charge is 0.493 e. The number of carbonyl (C=O) groups is 1. The highest BCUT2D eigenvalue weighted by Gasteiger charge is 2.14. The number of H-pyrrole nitrogens is 1. The SMILES string of the molecule is CCN(CC)C(=O)COc1ccc(C=NNc2nc(-c3ccccc3)c(C#N)c(=O)[nH]2)cc1OC. The number of nitrogens with zero attached hydrogens (tertiary/aromatic N) is 4. The fraction of sp³-hybridized carbons (Fsp3) is 0.240. The van der Waals surface area contributed by atoms with Crippen LogP contribution in [0.15, 0.2) is 58.4 Å². The molecule has 10 nitrogen and oxygen atoms in total. The Hall–Kier alpha value is -4.65. The number of hydrogen-bond donors (Lipinski definition) is 2. The van der Waals surface area contributed by atoms with E-state index < -0.39 is 5.56 Å². The van der Waals surface area contributed by atoms with Gasteiger partial charge >= 0.3 is 0 Å². The number of aromatic nitrogens is 2. The zero-order chi connectivity index (χ0) is 25.2. The van der Waals surface area contributed by atoms with Crippen LogP contribution < -0.4 is 20.5 Å². The third-order valence-electron chi connectivity index (χ3n) is 5.12. The molecule has 0 aliphatic rings.